The quantitative estimate of drug-likeness (QED) is 0.739. The molecule has 1 aromatic rings. The Balaban J connectivity index is 2.10. The lowest BCUT2D eigenvalue weighted by Crippen LogP contribution is -2.36. The summed E-state index contributed by atoms with van der Waals surface area (Å²) in [6.45, 7) is 5.10. The van der Waals surface area contributed by atoms with Crippen LogP contribution in [-0.2, 0) is 4.79 Å². The molecule has 17 heavy (non-hydrogen) atoms. The van der Waals surface area contributed by atoms with Crippen LogP contribution >= 0.6 is 11.6 Å². The fourth-order valence-electron chi connectivity index (χ4n) is 2.52. The third kappa shape index (κ3) is 2.63. The van der Waals surface area contributed by atoms with Crippen molar-refractivity contribution in [2.24, 2.45) is 5.92 Å². The van der Waals surface area contributed by atoms with Crippen molar-refractivity contribution < 1.29 is 4.79 Å². The van der Waals surface area contributed by atoms with E-state index in [2.05, 4.69) is 13.8 Å². The number of rotatable bonds is 2. The van der Waals surface area contributed by atoms with E-state index in [0.29, 0.717) is 12.0 Å². The third-order valence-electron chi connectivity index (χ3n) is 3.38. The first-order valence-corrected chi connectivity index (χ1v) is 6.52. The van der Waals surface area contributed by atoms with Crippen molar-refractivity contribution in [3.8, 4) is 0 Å². The topological polar surface area (TPSA) is 20.3 Å². The SMILES string of the molecule is CC1CC(C)N(C(=O)C(Cl)c2ccccc2)C1. The summed E-state index contributed by atoms with van der Waals surface area (Å²) < 4.78 is 0. The Labute approximate surface area is 108 Å². The normalized spacial score (nSPS) is 25.9. The van der Waals surface area contributed by atoms with Gasteiger partial charge in [0.15, 0.2) is 0 Å². The minimum atomic E-state index is -0.552. The molecule has 3 heteroatoms. The zero-order valence-corrected chi connectivity index (χ0v) is 11.0. The summed E-state index contributed by atoms with van der Waals surface area (Å²) in [6, 6.07) is 9.86. The molecule has 1 aromatic carbocycles. The number of benzene rings is 1. The van der Waals surface area contributed by atoms with Gasteiger partial charge in [-0.2, -0.15) is 0 Å². The predicted octanol–water partition coefficient (Wildman–Crippen LogP) is 3.22. The van der Waals surface area contributed by atoms with Gasteiger partial charge >= 0.3 is 0 Å². The van der Waals surface area contributed by atoms with Crippen molar-refractivity contribution in [2.45, 2.75) is 31.7 Å². The van der Waals surface area contributed by atoms with Crippen molar-refractivity contribution >= 4 is 17.5 Å². The molecule has 2 rings (SSSR count). The zero-order valence-electron chi connectivity index (χ0n) is 10.3. The Morgan fingerprint density at radius 2 is 2.00 bits per heavy atom. The average Bonchev–Trinajstić information content (AvgIpc) is 2.68. The molecule has 0 saturated carbocycles. The third-order valence-corrected chi connectivity index (χ3v) is 3.81. The molecule has 2 nitrogen and oxygen atoms in total. The fraction of sp³-hybridized carbons (Fsp3) is 0.500. The van der Waals surface area contributed by atoms with Crippen molar-refractivity contribution in [1.82, 2.24) is 4.90 Å². The standard InChI is InChI=1S/C14H18ClNO/c1-10-8-11(2)16(9-10)14(17)13(15)12-6-4-3-5-7-12/h3-7,10-11,13H,8-9H2,1-2H3. The first-order valence-electron chi connectivity index (χ1n) is 6.09. The van der Waals surface area contributed by atoms with E-state index in [-0.39, 0.29) is 5.91 Å². The molecule has 1 fully saturated rings. The van der Waals surface area contributed by atoms with Gasteiger partial charge in [0, 0.05) is 12.6 Å². The van der Waals surface area contributed by atoms with Crippen LogP contribution in [0.1, 0.15) is 31.2 Å². The van der Waals surface area contributed by atoms with Gasteiger partial charge in [0.25, 0.3) is 0 Å². The number of nitrogens with zero attached hydrogens (tertiary/aromatic N) is 1. The molecule has 0 spiro atoms. The second kappa shape index (κ2) is 5.09. The van der Waals surface area contributed by atoms with Crippen LogP contribution in [0.5, 0.6) is 0 Å². The Kier molecular flexibility index (Phi) is 3.72. The van der Waals surface area contributed by atoms with E-state index in [1.54, 1.807) is 0 Å². The Hall–Kier alpha value is -1.02. The Morgan fingerprint density at radius 3 is 2.53 bits per heavy atom. The van der Waals surface area contributed by atoms with Crippen LogP contribution in [0, 0.1) is 5.92 Å². The lowest BCUT2D eigenvalue weighted by Gasteiger charge is -2.24. The Morgan fingerprint density at radius 1 is 1.35 bits per heavy atom. The summed E-state index contributed by atoms with van der Waals surface area (Å²) in [5, 5.41) is -0.552. The van der Waals surface area contributed by atoms with E-state index in [9.17, 15) is 4.79 Å². The second-order valence-corrected chi connectivity index (χ2v) is 5.39. The maximum atomic E-state index is 12.3. The summed E-state index contributed by atoms with van der Waals surface area (Å²) in [7, 11) is 0. The minimum Gasteiger partial charge on any atom is -0.338 e. The maximum absolute atomic E-state index is 12.3. The van der Waals surface area contributed by atoms with Crippen LogP contribution in [0.25, 0.3) is 0 Å². The van der Waals surface area contributed by atoms with Crippen LogP contribution in [0.3, 0.4) is 0 Å². The molecule has 92 valence electrons. The molecule has 3 atom stereocenters. The van der Waals surface area contributed by atoms with E-state index in [1.807, 2.05) is 35.2 Å². The highest BCUT2D eigenvalue weighted by Gasteiger charge is 2.33. The number of carbonyl (C=O) groups is 1. The molecule has 1 aliphatic rings. The van der Waals surface area contributed by atoms with Gasteiger partial charge in [0.2, 0.25) is 5.91 Å². The van der Waals surface area contributed by atoms with Crippen molar-refractivity contribution in [3.63, 3.8) is 0 Å². The zero-order chi connectivity index (χ0) is 12.4. The highest BCUT2D eigenvalue weighted by molar-refractivity contribution is 6.30. The van der Waals surface area contributed by atoms with Gasteiger partial charge in [-0.25, -0.2) is 0 Å². The molecule has 0 aromatic heterocycles. The maximum Gasteiger partial charge on any atom is 0.245 e. The van der Waals surface area contributed by atoms with Crippen molar-refractivity contribution in [3.05, 3.63) is 35.9 Å². The monoisotopic (exact) mass is 251 g/mol. The van der Waals surface area contributed by atoms with E-state index in [0.717, 1.165) is 18.5 Å². The molecule has 0 radical (unpaired) electrons. The van der Waals surface area contributed by atoms with Gasteiger partial charge < -0.3 is 4.90 Å². The van der Waals surface area contributed by atoms with E-state index < -0.39 is 5.38 Å². The van der Waals surface area contributed by atoms with Gasteiger partial charge in [-0.05, 0) is 24.8 Å². The van der Waals surface area contributed by atoms with Gasteiger partial charge in [-0.3, -0.25) is 4.79 Å². The molecule has 1 amide bonds. The molecule has 1 heterocycles. The lowest BCUT2D eigenvalue weighted by molar-refractivity contribution is -0.131. The van der Waals surface area contributed by atoms with Crippen LogP contribution in [0.2, 0.25) is 0 Å². The Bertz CT molecular complexity index is 392. The molecular formula is C14H18ClNO. The molecule has 0 aliphatic carbocycles. The van der Waals surface area contributed by atoms with Crippen molar-refractivity contribution in [1.29, 1.82) is 0 Å². The highest BCUT2D eigenvalue weighted by Crippen LogP contribution is 2.29. The van der Waals surface area contributed by atoms with Gasteiger partial charge in [0.05, 0.1) is 0 Å². The molecule has 0 bridgehead atoms. The van der Waals surface area contributed by atoms with Gasteiger partial charge in [-0.15, -0.1) is 11.6 Å². The van der Waals surface area contributed by atoms with E-state index in [1.165, 1.54) is 0 Å². The first-order chi connectivity index (χ1) is 8.09. The van der Waals surface area contributed by atoms with Crippen LogP contribution in [-0.4, -0.2) is 23.4 Å². The summed E-state index contributed by atoms with van der Waals surface area (Å²) in [5.74, 6) is 0.614. The first kappa shape index (κ1) is 12.4. The van der Waals surface area contributed by atoms with E-state index >= 15 is 0 Å². The molecule has 1 aliphatic heterocycles. The predicted molar refractivity (Wildman–Crippen MR) is 70.0 cm³/mol. The number of hydrogen-bond donors (Lipinski definition) is 0. The van der Waals surface area contributed by atoms with Crippen molar-refractivity contribution in [2.75, 3.05) is 6.54 Å². The number of carbonyl (C=O) groups excluding carboxylic acids is 1. The smallest absolute Gasteiger partial charge is 0.245 e. The average molecular weight is 252 g/mol. The largest absolute Gasteiger partial charge is 0.338 e. The highest BCUT2D eigenvalue weighted by atomic mass is 35.5. The lowest BCUT2D eigenvalue weighted by atomic mass is 10.1. The minimum absolute atomic E-state index is 0.0368. The second-order valence-electron chi connectivity index (χ2n) is 4.95. The molecule has 3 unspecified atom stereocenters. The number of likely N-dealkylation sites (tertiary alicyclic amines) is 1. The molecule has 1 saturated heterocycles. The van der Waals surface area contributed by atoms with Crippen LogP contribution in [0.15, 0.2) is 30.3 Å². The number of amides is 1. The van der Waals surface area contributed by atoms with Crippen LogP contribution in [0.4, 0.5) is 0 Å². The number of alkyl halides is 1. The van der Waals surface area contributed by atoms with Gasteiger partial charge in [0.1, 0.15) is 5.38 Å². The number of halogens is 1. The molecule has 0 N–H and O–H groups in total. The summed E-state index contributed by atoms with van der Waals surface area (Å²) in [6.07, 6.45) is 1.07. The van der Waals surface area contributed by atoms with Gasteiger partial charge in [-0.1, -0.05) is 37.3 Å². The molecular weight excluding hydrogens is 234 g/mol. The van der Waals surface area contributed by atoms with E-state index in [4.69, 9.17) is 11.6 Å². The number of hydrogen-bond acceptors (Lipinski definition) is 1. The van der Waals surface area contributed by atoms with Crippen LogP contribution < -0.4 is 0 Å². The fourth-order valence-corrected chi connectivity index (χ4v) is 2.79. The summed E-state index contributed by atoms with van der Waals surface area (Å²) in [5.41, 5.74) is 0.880. The summed E-state index contributed by atoms with van der Waals surface area (Å²) >= 11 is 6.26. The summed E-state index contributed by atoms with van der Waals surface area (Å²) in [4.78, 5) is 14.2.